The zero-order valence-electron chi connectivity index (χ0n) is 16.8. The van der Waals surface area contributed by atoms with Gasteiger partial charge in [0.05, 0.1) is 11.7 Å². The van der Waals surface area contributed by atoms with Gasteiger partial charge in [-0.25, -0.2) is 9.97 Å². The second-order valence-corrected chi connectivity index (χ2v) is 7.55. The van der Waals surface area contributed by atoms with E-state index >= 15 is 0 Å². The van der Waals surface area contributed by atoms with Gasteiger partial charge in [0.1, 0.15) is 12.4 Å². The molecule has 0 aliphatic rings. The summed E-state index contributed by atoms with van der Waals surface area (Å²) in [5, 5.41) is 2.13. The molecule has 0 radical (unpaired) electrons. The number of anilines is 1. The first-order valence-corrected chi connectivity index (χ1v) is 10.1. The monoisotopic (exact) mass is 410 g/mol. The van der Waals surface area contributed by atoms with E-state index in [2.05, 4.69) is 32.1 Å². The van der Waals surface area contributed by atoms with E-state index in [1.807, 2.05) is 42.6 Å². The van der Waals surface area contributed by atoms with Crippen molar-refractivity contribution in [2.45, 2.75) is 12.5 Å². The summed E-state index contributed by atoms with van der Waals surface area (Å²) in [7, 11) is 0. The van der Waals surface area contributed by atoms with Crippen LogP contribution >= 0.6 is 0 Å². The Kier molecular flexibility index (Phi) is 4.93. The van der Waals surface area contributed by atoms with Crippen LogP contribution in [0.4, 0.5) is 5.95 Å². The minimum absolute atomic E-state index is 0.136. The summed E-state index contributed by atoms with van der Waals surface area (Å²) >= 11 is 0. The van der Waals surface area contributed by atoms with Gasteiger partial charge in [-0.1, -0.05) is 30.3 Å². The highest BCUT2D eigenvalue weighted by atomic mass is 16.5. The predicted octanol–water partition coefficient (Wildman–Crippen LogP) is 3.70. The van der Waals surface area contributed by atoms with Gasteiger partial charge in [-0.2, -0.15) is 0 Å². The molecule has 2 aromatic carbocycles. The lowest BCUT2D eigenvalue weighted by Gasteiger charge is -2.13. The minimum atomic E-state index is -0.136. The molecule has 1 atom stereocenters. The standard InChI is InChI=1S/C24H22N6O/c25-19(7-18-12-28-22-4-2-1-3-21(18)22)14-31-20-8-17(10-27-13-20)15-5-6-16-11-29-24(26)30-23(16)9-15/h1-6,8-13,19,28H,7,14,25H2,(H2,26,29,30). The molecule has 3 heterocycles. The third-order valence-electron chi connectivity index (χ3n) is 5.27. The first-order chi connectivity index (χ1) is 15.2. The molecule has 5 N–H and O–H groups in total. The van der Waals surface area contributed by atoms with Gasteiger partial charge in [-0.3, -0.25) is 4.98 Å². The number of aromatic amines is 1. The molecule has 3 aromatic heterocycles. The van der Waals surface area contributed by atoms with E-state index in [4.69, 9.17) is 16.2 Å². The fourth-order valence-electron chi connectivity index (χ4n) is 3.72. The Morgan fingerprint density at radius 1 is 1.00 bits per heavy atom. The lowest BCUT2D eigenvalue weighted by Crippen LogP contribution is -2.30. The smallest absolute Gasteiger partial charge is 0.220 e. The summed E-state index contributed by atoms with van der Waals surface area (Å²) in [6.07, 6.45) is 7.95. The van der Waals surface area contributed by atoms with E-state index in [-0.39, 0.29) is 12.0 Å². The Morgan fingerprint density at radius 2 is 1.90 bits per heavy atom. The van der Waals surface area contributed by atoms with E-state index in [1.165, 1.54) is 10.9 Å². The Labute approximate surface area is 179 Å². The van der Waals surface area contributed by atoms with Crippen LogP contribution in [0.15, 0.2) is 73.3 Å². The zero-order valence-corrected chi connectivity index (χ0v) is 16.8. The third-order valence-corrected chi connectivity index (χ3v) is 5.27. The summed E-state index contributed by atoms with van der Waals surface area (Å²) in [6, 6.07) is 16.0. The molecule has 5 rings (SSSR count). The second-order valence-electron chi connectivity index (χ2n) is 7.55. The Balaban J connectivity index is 1.29. The van der Waals surface area contributed by atoms with Crippen molar-refractivity contribution < 1.29 is 4.74 Å². The van der Waals surface area contributed by atoms with Gasteiger partial charge in [0.2, 0.25) is 5.95 Å². The van der Waals surface area contributed by atoms with Gasteiger partial charge >= 0.3 is 0 Å². The van der Waals surface area contributed by atoms with E-state index in [0.717, 1.165) is 34.0 Å². The number of benzene rings is 2. The summed E-state index contributed by atoms with van der Waals surface area (Å²) < 4.78 is 5.95. The van der Waals surface area contributed by atoms with Crippen LogP contribution in [0.1, 0.15) is 5.56 Å². The van der Waals surface area contributed by atoms with Crippen LogP contribution in [0.25, 0.3) is 32.9 Å². The predicted molar refractivity (Wildman–Crippen MR) is 123 cm³/mol. The number of rotatable bonds is 6. The fraction of sp³-hybridized carbons (Fsp3) is 0.125. The fourth-order valence-corrected chi connectivity index (χ4v) is 3.72. The largest absolute Gasteiger partial charge is 0.490 e. The van der Waals surface area contributed by atoms with Crippen LogP contribution in [0.3, 0.4) is 0 Å². The molecule has 154 valence electrons. The van der Waals surface area contributed by atoms with E-state index < -0.39 is 0 Å². The van der Waals surface area contributed by atoms with Crippen molar-refractivity contribution in [2.75, 3.05) is 12.3 Å². The highest BCUT2D eigenvalue weighted by molar-refractivity contribution is 5.84. The molecule has 0 bridgehead atoms. The summed E-state index contributed by atoms with van der Waals surface area (Å²) in [6.45, 7) is 0.395. The van der Waals surface area contributed by atoms with Gasteiger partial charge in [0.25, 0.3) is 0 Å². The van der Waals surface area contributed by atoms with Gasteiger partial charge in [0, 0.05) is 46.5 Å². The molecule has 0 amide bonds. The highest BCUT2D eigenvalue weighted by Crippen LogP contribution is 2.26. The number of H-pyrrole nitrogens is 1. The zero-order chi connectivity index (χ0) is 21.2. The third kappa shape index (κ3) is 4.04. The highest BCUT2D eigenvalue weighted by Gasteiger charge is 2.10. The number of hydrogen-bond acceptors (Lipinski definition) is 6. The number of nitrogen functional groups attached to an aromatic ring is 1. The molecule has 0 aliphatic heterocycles. The Morgan fingerprint density at radius 3 is 2.84 bits per heavy atom. The number of nitrogens with zero attached hydrogens (tertiary/aromatic N) is 3. The van der Waals surface area contributed by atoms with Gasteiger partial charge in [-0.15, -0.1) is 0 Å². The van der Waals surface area contributed by atoms with Crippen molar-refractivity contribution in [1.82, 2.24) is 19.9 Å². The van der Waals surface area contributed by atoms with Crippen LogP contribution in [0, 0.1) is 0 Å². The van der Waals surface area contributed by atoms with Gasteiger partial charge < -0.3 is 21.2 Å². The summed E-state index contributed by atoms with van der Waals surface area (Å²) in [5.74, 6) is 0.929. The van der Waals surface area contributed by atoms with Crippen LogP contribution < -0.4 is 16.2 Å². The number of ether oxygens (including phenoxy) is 1. The van der Waals surface area contributed by atoms with E-state index in [9.17, 15) is 0 Å². The minimum Gasteiger partial charge on any atom is -0.490 e. The maximum absolute atomic E-state index is 6.34. The van der Waals surface area contributed by atoms with E-state index in [1.54, 1.807) is 18.6 Å². The molecule has 5 aromatic rings. The molecule has 1 unspecified atom stereocenters. The molecular weight excluding hydrogens is 388 g/mol. The first-order valence-electron chi connectivity index (χ1n) is 10.1. The molecule has 0 saturated carbocycles. The molecule has 0 spiro atoms. The number of aromatic nitrogens is 4. The van der Waals surface area contributed by atoms with Crippen molar-refractivity contribution in [1.29, 1.82) is 0 Å². The van der Waals surface area contributed by atoms with Crippen LogP contribution in [0.5, 0.6) is 5.75 Å². The summed E-state index contributed by atoms with van der Waals surface area (Å²) in [4.78, 5) is 15.9. The number of nitrogens with one attached hydrogen (secondary N) is 1. The number of fused-ring (bicyclic) bond motifs is 2. The molecule has 31 heavy (non-hydrogen) atoms. The lowest BCUT2D eigenvalue weighted by atomic mass is 10.1. The SMILES string of the molecule is Nc1ncc2ccc(-c3cncc(OCC(N)Cc4c[nH]c5ccccc45)c3)cc2n1. The lowest BCUT2D eigenvalue weighted by molar-refractivity contribution is 0.287. The molecule has 0 aliphatic carbocycles. The number of hydrogen-bond donors (Lipinski definition) is 3. The molecule has 0 fully saturated rings. The molecule has 7 nitrogen and oxygen atoms in total. The second kappa shape index (κ2) is 8.04. The average Bonchev–Trinajstić information content (AvgIpc) is 3.20. The van der Waals surface area contributed by atoms with Crippen LogP contribution in [-0.2, 0) is 6.42 Å². The van der Waals surface area contributed by atoms with Crippen molar-refractivity contribution in [3.05, 3.63) is 78.9 Å². The van der Waals surface area contributed by atoms with Gasteiger partial charge in [0.15, 0.2) is 0 Å². The van der Waals surface area contributed by atoms with Crippen LogP contribution in [0.2, 0.25) is 0 Å². The maximum atomic E-state index is 6.34. The quantitative estimate of drug-likeness (QED) is 0.393. The number of para-hydroxylation sites is 1. The normalized spacial score (nSPS) is 12.3. The summed E-state index contributed by atoms with van der Waals surface area (Å²) in [5.41, 5.74) is 17.1. The molecule has 7 heteroatoms. The van der Waals surface area contributed by atoms with Crippen molar-refractivity contribution in [2.24, 2.45) is 5.73 Å². The van der Waals surface area contributed by atoms with Gasteiger partial charge in [-0.05, 0) is 35.7 Å². The van der Waals surface area contributed by atoms with Crippen molar-refractivity contribution in [3.63, 3.8) is 0 Å². The van der Waals surface area contributed by atoms with Crippen molar-refractivity contribution >= 4 is 27.8 Å². The number of nitrogens with two attached hydrogens (primary N) is 2. The number of pyridine rings is 1. The topological polar surface area (TPSA) is 116 Å². The molecule has 0 saturated heterocycles. The van der Waals surface area contributed by atoms with E-state index in [0.29, 0.717) is 12.4 Å². The average molecular weight is 410 g/mol. The Hall–Kier alpha value is -3.97. The maximum Gasteiger partial charge on any atom is 0.220 e. The van der Waals surface area contributed by atoms with Crippen LogP contribution in [-0.4, -0.2) is 32.6 Å². The first kappa shape index (κ1) is 19.0. The molecular formula is C24H22N6O. The van der Waals surface area contributed by atoms with Crippen molar-refractivity contribution in [3.8, 4) is 16.9 Å². The Bertz CT molecular complexity index is 1360.